The van der Waals surface area contributed by atoms with Gasteiger partial charge in [-0.1, -0.05) is 41.7 Å². The molecule has 1 amide bonds. The summed E-state index contributed by atoms with van der Waals surface area (Å²) in [6, 6.07) is 16.5. The third-order valence-electron chi connectivity index (χ3n) is 3.21. The van der Waals surface area contributed by atoms with Gasteiger partial charge in [-0.25, -0.2) is 4.39 Å². The summed E-state index contributed by atoms with van der Waals surface area (Å²) in [7, 11) is 0. The first-order valence-corrected chi connectivity index (χ1v) is 8.05. The lowest BCUT2D eigenvalue weighted by Gasteiger charge is -1.99. The van der Waals surface area contributed by atoms with E-state index in [1.165, 1.54) is 12.1 Å². The molecule has 1 aromatic heterocycles. The molecule has 1 N–H and O–H groups in total. The largest absolute Gasteiger partial charge is 0.296 e. The maximum atomic E-state index is 12.9. The van der Waals surface area contributed by atoms with Crippen molar-refractivity contribution in [2.45, 2.75) is 0 Å². The van der Waals surface area contributed by atoms with Crippen LogP contribution in [-0.4, -0.2) is 16.1 Å². The summed E-state index contributed by atoms with van der Waals surface area (Å²) in [5.41, 5.74) is 1.45. The van der Waals surface area contributed by atoms with Gasteiger partial charge in [0.25, 0.3) is 5.91 Å². The number of benzene rings is 2. The fourth-order valence-corrected chi connectivity index (χ4v) is 2.71. The van der Waals surface area contributed by atoms with E-state index in [1.54, 1.807) is 42.5 Å². The number of nitrogens with zero attached hydrogens (tertiary/aromatic N) is 3. The van der Waals surface area contributed by atoms with Gasteiger partial charge in [-0.3, -0.25) is 10.1 Å². The number of aromatic nitrogens is 2. The predicted octanol–water partition coefficient (Wildman–Crippen LogP) is 3.99. The fraction of sp³-hybridized carbons (Fsp3) is 0. The molecule has 1 heterocycles. The van der Waals surface area contributed by atoms with Crippen LogP contribution in [0, 0.1) is 17.1 Å². The highest BCUT2D eigenvalue weighted by Gasteiger charge is 2.12. The van der Waals surface area contributed by atoms with Gasteiger partial charge in [0.2, 0.25) is 5.13 Å². The lowest BCUT2D eigenvalue weighted by molar-refractivity contribution is 0.102. The summed E-state index contributed by atoms with van der Waals surface area (Å²) in [6.45, 7) is 0. The van der Waals surface area contributed by atoms with E-state index in [2.05, 4.69) is 15.5 Å². The van der Waals surface area contributed by atoms with E-state index in [-0.39, 0.29) is 17.3 Å². The second-order valence-electron chi connectivity index (χ2n) is 4.95. The second-order valence-corrected chi connectivity index (χ2v) is 5.93. The quantitative estimate of drug-likeness (QED) is 0.722. The highest BCUT2D eigenvalue weighted by molar-refractivity contribution is 7.16. The standard InChI is InChI=1S/C18H11FN4OS/c19-15-8-6-12(7-9-15)10-14(11-20)17-22-23-18(25-17)21-16(24)13-4-2-1-3-5-13/h1-10H,(H,21,23,24)/b14-10+. The number of anilines is 1. The van der Waals surface area contributed by atoms with Gasteiger partial charge in [-0.2, -0.15) is 5.26 Å². The van der Waals surface area contributed by atoms with Crippen LogP contribution in [0.25, 0.3) is 11.6 Å². The van der Waals surface area contributed by atoms with E-state index in [9.17, 15) is 14.4 Å². The Morgan fingerprint density at radius 2 is 1.84 bits per heavy atom. The van der Waals surface area contributed by atoms with Gasteiger partial charge in [0.15, 0.2) is 5.01 Å². The Bertz CT molecular complexity index is 959. The van der Waals surface area contributed by atoms with Crippen molar-refractivity contribution in [2.75, 3.05) is 5.32 Å². The van der Waals surface area contributed by atoms with E-state index >= 15 is 0 Å². The topological polar surface area (TPSA) is 78.7 Å². The van der Waals surface area contributed by atoms with E-state index in [1.807, 2.05) is 12.1 Å². The zero-order valence-electron chi connectivity index (χ0n) is 12.8. The lowest BCUT2D eigenvalue weighted by Crippen LogP contribution is -2.11. The molecule has 0 aliphatic carbocycles. The Morgan fingerprint density at radius 1 is 1.12 bits per heavy atom. The Labute approximate surface area is 147 Å². The molecule has 0 unspecified atom stereocenters. The molecule has 5 nitrogen and oxygen atoms in total. The minimum atomic E-state index is -0.350. The van der Waals surface area contributed by atoms with Gasteiger partial charge in [-0.05, 0) is 35.9 Å². The van der Waals surface area contributed by atoms with Crippen molar-refractivity contribution in [3.8, 4) is 6.07 Å². The molecule has 0 atom stereocenters. The number of halogens is 1. The molecular formula is C18H11FN4OS. The summed E-state index contributed by atoms with van der Waals surface area (Å²) >= 11 is 1.09. The summed E-state index contributed by atoms with van der Waals surface area (Å²) in [4.78, 5) is 12.1. The minimum absolute atomic E-state index is 0.282. The van der Waals surface area contributed by atoms with Gasteiger partial charge in [0.1, 0.15) is 11.9 Å². The van der Waals surface area contributed by atoms with Crippen molar-refractivity contribution < 1.29 is 9.18 Å². The summed E-state index contributed by atoms with van der Waals surface area (Å²) < 4.78 is 12.9. The molecule has 3 aromatic rings. The monoisotopic (exact) mass is 350 g/mol. The molecule has 3 rings (SSSR count). The maximum absolute atomic E-state index is 12.9. The molecule has 25 heavy (non-hydrogen) atoms. The molecule has 0 fully saturated rings. The van der Waals surface area contributed by atoms with Crippen LogP contribution in [0.2, 0.25) is 0 Å². The SMILES string of the molecule is N#C/C(=C\c1ccc(F)cc1)c1nnc(NC(=O)c2ccccc2)s1. The molecule has 2 aromatic carbocycles. The molecule has 0 saturated heterocycles. The molecule has 0 aliphatic heterocycles. The molecule has 0 radical (unpaired) electrons. The third kappa shape index (κ3) is 4.13. The van der Waals surface area contributed by atoms with E-state index in [0.29, 0.717) is 21.3 Å². The van der Waals surface area contributed by atoms with Gasteiger partial charge in [-0.15, -0.1) is 10.2 Å². The number of amides is 1. The molecule has 122 valence electrons. The van der Waals surface area contributed by atoms with Gasteiger partial charge in [0.05, 0.1) is 5.57 Å². The fourth-order valence-electron chi connectivity index (χ4n) is 2.01. The van der Waals surface area contributed by atoms with Crippen LogP contribution in [0.3, 0.4) is 0 Å². The molecule has 7 heteroatoms. The average molecular weight is 350 g/mol. The van der Waals surface area contributed by atoms with Crippen molar-refractivity contribution >= 4 is 34.0 Å². The Kier molecular flexibility index (Phi) is 4.92. The molecule has 0 saturated carbocycles. The van der Waals surface area contributed by atoms with E-state index in [0.717, 1.165) is 11.3 Å². The highest BCUT2D eigenvalue weighted by atomic mass is 32.1. The van der Waals surface area contributed by atoms with Crippen LogP contribution in [0.4, 0.5) is 9.52 Å². The van der Waals surface area contributed by atoms with Gasteiger partial charge >= 0.3 is 0 Å². The number of rotatable bonds is 4. The number of carbonyl (C=O) groups excluding carboxylic acids is 1. The van der Waals surface area contributed by atoms with Crippen molar-refractivity contribution in [3.63, 3.8) is 0 Å². The van der Waals surface area contributed by atoms with Crippen molar-refractivity contribution in [2.24, 2.45) is 0 Å². The first-order chi connectivity index (χ1) is 12.2. The number of nitrogens with one attached hydrogen (secondary N) is 1. The van der Waals surface area contributed by atoms with Crippen molar-refractivity contribution in [1.82, 2.24) is 10.2 Å². The molecule has 0 bridgehead atoms. The number of hydrogen-bond donors (Lipinski definition) is 1. The van der Waals surface area contributed by atoms with Crippen LogP contribution in [0.1, 0.15) is 20.9 Å². The first-order valence-electron chi connectivity index (χ1n) is 7.23. The van der Waals surface area contributed by atoms with E-state index < -0.39 is 0 Å². The molecule has 0 aliphatic rings. The highest BCUT2D eigenvalue weighted by Crippen LogP contribution is 2.24. The number of hydrogen-bond acceptors (Lipinski definition) is 5. The predicted molar refractivity (Wildman–Crippen MR) is 94.2 cm³/mol. The summed E-state index contributed by atoms with van der Waals surface area (Å²) in [6.07, 6.45) is 1.59. The van der Waals surface area contributed by atoms with Crippen LogP contribution in [0.15, 0.2) is 54.6 Å². The summed E-state index contributed by atoms with van der Waals surface area (Å²) in [5.74, 6) is -0.651. The van der Waals surface area contributed by atoms with Crippen LogP contribution in [0.5, 0.6) is 0 Å². The smallest absolute Gasteiger partial charge is 0.257 e. The van der Waals surface area contributed by atoms with E-state index in [4.69, 9.17) is 0 Å². The van der Waals surface area contributed by atoms with Crippen molar-refractivity contribution in [1.29, 1.82) is 5.26 Å². The Hall–Kier alpha value is -3.37. The average Bonchev–Trinajstić information content (AvgIpc) is 3.10. The van der Waals surface area contributed by atoms with Crippen LogP contribution in [-0.2, 0) is 0 Å². The Morgan fingerprint density at radius 3 is 2.52 bits per heavy atom. The zero-order valence-corrected chi connectivity index (χ0v) is 13.6. The van der Waals surface area contributed by atoms with Crippen LogP contribution < -0.4 is 5.32 Å². The first kappa shape index (κ1) is 16.5. The normalized spacial score (nSPS) is 11.0. The van der Waals surface area contributed by atoms with Crippen LogP contribution >= 0.6 is 11.3 Å². The molecular weight excluding hydrogens is 339 g/mol. The lowest BCUT2D eigenvalue weighted by atomic mass is 10.1. The third-order valence-corrected chi connectivity index (χ3v) is 4.09. The molecule has 0 spiro atoms. The maximum Gasteiger partial charge on any atom is 0.257 e. The van der Waals surface area contributed by atoms with Gasteiger partial charge < -0.3 is 0 Å². The number of carbonyl (C=O) groups is 1. The van der Waals surface area contributed by atoms with Crippen molar-refractivity contribution in [3.05, 3.63) is 76.5 Å². The second kappa shape index (κ2) is 7.47. The van der Waals surface area contributed by atoms with Gasteiger partial charge in [0, 0.05) is 5.56 Å². The number of allylic oxidation sites excluding steroid dienone is 1. The number of nitriles is 1. The zero-order chi connectivity index (χ0) is 17.6. The summed E-state index contributed by atoms with van der Waals surface area (Å²) in [5, 5.41) is 20.5. The Balaban J connectivity index is 1.79. The minimum Gasteiger partial charge on any atom is -0.296 e.